The van der Waals surface area contributed by atoms with Crippen molar-refractivity contribution in [3.05, 3.63) is 11.4 Å². The molecule has 0 aliphatic heterocycles. The number of methoxy groups -OCH3 is 1. The topological polar surface area (TPSA) is 59.1 Å². The second-order valence-electron chi connectivity index (χ2n) is 4.67. The number of rotatable bonds is 8. The van der Waals surface area contributed by atoms with Crippen molar-refractivity contribution in [1.82, 2.24) is 9.97 Å². The van der Waals surface area contributed by atoms with Crippen molar-refractivity contribution < 1.29 is 4.74 Å². The molecule has 2 heterocycles. The van der Waals surface area contributed by atoms with Crippen LogP contribution in [0.4, 0.5) is 11.8 Å². The van der Waals surface area contributed by atoms with Crippen LogP contribution >= 0.6 is 11.3 Å². The van der Waals surface area contributed by atoms with Gasteiger partial charge in [-0.2, -0.15) is 4.98 Å². The van der Waals surface area contributed by atoms with Crippen molar-refractivity contribution in [3.63, 3.8) is 0 Å². The summed E-state index contributed by atoms with van der Waals surface area (Å²) in [6.07, 6.45) is 2.04. The van der Waals surface area contributed by atoms with E-state index in [-0.39, 0.29) is 6.04 Å². The van der Waals surface area contributed by atoms with Crippen LogP contribution in [0.2, 0.25) is 0 Å². The molecule has 2 rings (SSSR count). The Morgan fingerprint density at radius 2 is 2.20 bits per heavy atom. The molecule has 2 N–H and O–H groups in total. The molecule has 0 saturated carbocycles. The maximum Gasteiger partial charge on any atom is 0.226 e. The summed E-state index contributed by atoms with van der Waals surface area (Å²) in [6.45, 7) is 5.82. The highest BCUT2D eigenvalue weighted by Gasteiger charge is 2.12. The fourth-order valence-corrected chi connectivity index (χ4v) is 2.70. The number of hydrogen-bond acceptors (Lipinski definition) is 6. The third kappa shape index (κ3) is 3.58. The highest BCUT2D eigenvalue weighted by atomic mass is 32.1. The highest BCUT2D eigenvalue weighted by Crippen LogP contribution is 2.27. The van der Waals surface area contributed by atoms with Crippen LogP contribution < -0.4 is 10.6 Å². The molecule has 5 nitrogen and oxygen atoms in total. The number of hydrogen-bond donors (Lipinski definition) is 2. The standard InChI is InChI=1S/C14H22N4OS/c1-4-7-15-14-17-12(16-10(5-2)9-19-3)11-6-8-20-13(11)18-14/h6,8,10H,4-5,7,9H2,1-3H3,(H2,15,16,17,18). The monoisotopic (exact) mass is 294 g/mol. The fourth-order valence-electron chi connectivity index (χ4n) is 1.94. The third-order valence-corrected chi connectivity index (χ3v) is 3.87. The molecule has 0 bridgehead atoms. The number of ether oxygens (including phenoxy) is 1. The van der Waals surface area contributed by atoms with Gasteiger partial charge in [0.2, 0.25) is 5.95 Å². The predicted molar refractivity (Wildman–Crippen MR) is 85.8 cm³/mol. The van der Waals surface area contributed by atoms with Crippen LogP contribution in [-0.4, -0.2) is 36.3 Å². The van der Waals surface area contributed by atoms with Gasteiger partial charge in [-0.3, -0.25) is 0 Å². The van der Waals surface area contributed by atoms with E-state index < -0.39 is 0 Å². The third-order valence-electron chi connectivity index (χ3n) is 3.06. The van der Waals surface area contributed by atoms with Crippen LogP contribution in [0.15, 0.2) is 11.4 Å². The van der Waals surface area contributed by atoms with Gasteiger partial charge in [0.1, 0.15) is 10.6 Å². The number of thiophene rings is 1. The average molecular weight is 294 g/mol. The number of fused-ring (bicyclic) bond motifs is 1. The average Bonchev–Trinajstić information content (AvgIpc) is 2.93. The maximum absolute atomic E-state index is 5.24. The van der Waals surface area contributed by atoms with Gasteiger partial charge in [0, 0.05) is 13.7 Å². The molecule has 2 aromatic rings. The van der Waals surface area contributed by atoms with E-state index in [9.17, 15) is 0 Å². The Bertz CT molecular complexity index is 543. The first-order valence-electron chi connectivity index (χ1n) is 7.03. The van der Waals surface area contributed by atoms with Gasteiger partial charge in [-0.1, -0.05) is 13.8 Å². The lowest BCUT2D eigenvalue weighted by atomic mass is 10.2. The summed E-state index contributed by atoms with van der Waals surface area (Å²) in [7, 11) is 1.72. The van der Waals surface area contributed by atoms with Gasteiger partial charge < -0.3 is 15.4 Å². The summed E-state index contributed by atoms with van der Waals surface area (Å²) >= 11 is 1.63. The minimum atomic E-state index is 0.261. The number of anilines is 2. The van der Waals surface area contributed by atoms with Gasteiger partial charge in [-0.25, -0.2) is 4.98 Å². The molecule has 1 unspecified atom stereocenters. The van der Waals surface area contributed by atoms with E-state index in [4.69, 9.17) is 4.74 Å². The fraction of sp³-hybridized carbons (Fsp3) is 0.571. The number of nitrogens with one attached hydrogen (secondary N) is 2. The van der Waals surface area contributed by atoms with Gasteiger partial charge in [-0.15, -0.1) is 11.3 Å². The molecule has 0 aromatic carbocycles. The SMILES string of the molecule is CCCNc1nc(NC(CC)COC)c2ccsc2n1. The van der Waals surface area contributed by atoms with Crippen LogP contribution in [0.5, 0.6) is 0 Å². The first-order valence-corrected chi connectivity index (χ1v) is 7.91. The minimum Gasteiger partial charge on any atom is -0.383 e. The van der Waals surface area contributed by atoms with E-state index >= 15 is 0 Å². The summed E-state index contributed by atoms with van der Waals surface area (Å²) < 4.78 is 5.24. The zero-order chi connectivity index (χ0) is 14.4. The zero-order valence-corrected chi connectivity index (χ0v) is 13.1. The number of nitrogens with zero attached hydrogens (tertiary/aromatic N) is 2. The van der Waals surface area contributed by atoms with Crippen LogP contribution in [0, 0.1) is 0 Å². The molecular weight excluding hydrogens is 272 g/mol. The van der Waals surface area contributed by atoms with Gasteiger partial charge in [-0.05, 0) is 24.3 Å². The molecule has 0 amide bonds. The first-order chi connectivity index (χ1) is 9.78. The minimum absolute atomic E-state index is 0.261. The molecule has 0 saturated heterocycles. The molecule has 0 spiro atoms. The van der Waals surface area contributed by atoms with Crippen LogP contribution in [0.3, 0.4) is 0 Å². The van der Waals surface area contributed by atoms with E-state index in [1.807, 2.05) is 5.38 Å². The summed E-state index contributed by atoms with van der Waals surface area (Å²) in [5.74, 6) is 1.58. The Kier molecular flexibility index (Phi) is 5.55. The van der Waals surface area contributed by atoms with E-state index in [0.29, 0.717) is 12.6 Å². The summed E-state index contributed by atoms with van der Waals surface area (Å²) in [5.41, 5.74) is 0. The van der Waals surface area contributed by atoms with Crippen molar-refractivity contribution in [2.24, 2.45) is 0 Å². The van der Waals surface area contributed by atoms with E-state index in [0.717, 1.165) is 35.4 Å². The Morgan fingerprint density at radius 1 is 1.35 bits per heavy atom. The quantitative estimate of drug-likeness (QED) is 0.782. The van der Waals surface area contributed by atoms with Crippen LogP contribution in [0.1, 0.15) is 26.7 Å². The lowest BCUT2D eigenvalue weighted by Gasteiger charge is -2.17. The Morgan fingerprint density at radius 3 is 2.90 bits per heavy atom. The van der Waals surface area contributed by atoms with Crippen molar-refractivity contribution in [2.75, 3.05) is 30.9 Å². The Balaban J connectivity index is 2.26. The summed E-state index contributed by atoms with van der Waals surface area (Å²) in [4.78, 5) is 10.1. The van der Waals surface area contributed by atoms with E-state index in [1.54, 1.807) is 18.4 Å². The molecule has 20 heavy (non-hydrogen) atoms. The molecule has 110 valence electrons. The molecule has 0 aliphatic carbocycles. The summed E-state index contributed by atoms with van der Waals surface area (Å²) in [5, 5.41) is 9.84. The van der Waals surface area contributed by atoms with Gasteiger partial charge in [0.25, 0.3) is 0 Å². The highest BCUT2D eigenvalue weighted by molar-refractivity contribution is 7.16. The zero-order valence-electron chi connectivity index (χ0n) is 12.3. The second-order valence-corrected chi connectivity index (χ2v) is 5.56. The summed E-state index contributed by atoms with van der Waals surface area (Å²) in [6, 6.07) is 2.32. The molecule has 2 aromatic heterocycles. The van der Waals surface area contributed by atoms with E-state index in [2.05, 4.69) is 40.5 Å². The smallest absolute Gasteiger partial charge is 0.226 e. The van der Waals surface area contributed by atoms with E-state index in [1.165, 1.54) is 0 Å². The first kappa shape index (κ1) is 15.0. The second kappa shape index (κ2) is 7.40. The molecule has 6 heteroatoms. The van der Waals surface area contributed by atoms with Crippen molar-refractivity contribution in [2.45, 2.75) is 32.7 Å². The van der Waals surface area contributed by atoms with Crippen molar-refractivity contribution in [3.8, 4) is 0 Å². The molecule has 0 radical (unpaired) electrons. The molecule has 1 atom stereocenters. The van der Waals surface area contributed by atoms with Crippen molar-refractivity contribution >= 4 is 33.3 Å². The number of aromatic nitrogens is 2. The molecule has 0 fully saturated rings. The largest absolute Gasteiger partial charge is 0.383 e. The predicted octanol–water partition coefficient (Wildman–Crippen LogP) is 3.35. The maximum atomic E-state index is 5.24. The van der Waals surface area contributed by atoms with Gasteiger partial charge >= 0.3 is 0 Å². The van der Waals surface area contributed by atoms with Crippen LogP contribution in [0.25, 0.3) is 10.2 Å². The normalized spacial score (nSPS) is 12.6. The van der Waals surface area contributed by atoms with Crippen molar-refractivity contribution in [1.29, 1.82) is 0 Å². The van der Waals surface area contributed by atoms with Gasteiger partial charge in [0.15, 0.2) is 0 Å². The molecular formula is C14H22N4OS. The van der Waals surface area contributed by atoms with Gasteiger partial charge in [0.05, 0.1) is 18.0 Å². The van der Waals surface area contributed by atoms with Crippen LogP contribution in [-0.2, 0) is 4.74 Å². The Labute approximate surface area is 123 Å². The lowest BCUT2D eigenvalue weighted by Crippen LogP contribution is -2.24. The lowest BCUT2D eigenvalue weighted by molar-refractivity contribution is 0.184. The Hall–Kier alpha value is -1.40. The molecule has 0 aliphatic rings.